The van der Waals surface area contributed by atoms with E-state index in [1.807, 2.05) is 13.0 Å². The van der Waals surface area contributed by atoms with Crippen LogP contribution in [-0.4, -0.2) is 83.9 Å². The maximum atomic E-state index is 14.2. The quantitative estimate of drug-likeness (QED) is 0.578. The van der Waals surface area contributed by atoms with E-state index in [1.54, 1.807) is 18.9 Å². The van der Waals surface area contributed by atoms with Crippen LogP contribution in [0, 0.1) is 13.8 Å². The van der Waals surface area contributed by atoms with Gasteiger partial charge in [-0.05, 0) is 38.4 Å². The van der Waals surface area contributed by atoms with Crippen molar-refractivity contribution in [2.45, 2.75) is 44.4 Å². The molecule has 0 aromatic heterocycles. The number of Topliss-reactive ketones (excluding diaryl/α,β-unsaturated/α-hetero) is 1. The topological polar surface area (TPSA) is 129 Å². The minimum atomic E-state index is -1.11. The fraction of sp³-hybridized carbons (Fsp3) is 0.462. The van der Waals surface area contributed by atoms with Crippen molar-refractivity contribution in [3.63, 3.8) is 0 Å². The van der Waals surface area contributed by atoms with Gasteiger partial charge in [0.25, 0.3) is 0 Å². The van der Waals surface area contributed by atoms with E-state index in [0.717, 1.165) is 11.1 Å². The third-order valence-corrected chi connectivity index (χ3v) is 7.96. The molecule has 1 saturated heterocycles. The van der Waals surface area contributed by atoms with E-state index in [9.17, 15) is 24.9 Å². The number of phenolic OH excluding ortho intramolecular Hbond substituents is 2. The van der Waals surface area contributed by atoms with Crippen LogP contribution < -0.4 is 14.2 Å². The number of hydrogen-bond acceptors (Lipinski definition) is 9. The first-order valence-electron chi connectivity index (χ1n) is 11.7. The van der Waals surface area contributed by atoms with Gasteiger partial charge in [-0.2, -0.15) is 0 Å². The fourth-order valence-electron chi connectivity index (χ4n) is 6.40. The molecule has 2 aromatic rings. The Balaban J connectivity index is 1.83. The Bertz CT molecular complexity index is 1310. The number of amides is 1. The first kappa shape index (κ1) is 24.2. The molecular weight excluding hydrogens is 468 g/mol. The van der Waals surface area contributed by atoms with E-state index >= 15 is 0 Å². The normalized spacial score (nSPS) is 24.7. The molecule has 4 atom stereocenters. The molecule has 0 unspecified atom stereocenters. The van der Waals surface area contributed by atoms with Gasteiger partial charge in [-0.15, -0.1) is 0 Å². The molecule has 192 valence electrons. The highest BCUT2D eigenvalue weighted by Gasteiger charge is 2.58. The molecule has 3 N–H and O–H groups in total. The van der Waals surface area contributed by atoms with Gasteiger partial charge in [-0.1, -0.05) is 6.07 Å². The lowest BCUT2D eigenvalue weighted by atomic mass is 9.73. The molecule has 0 spiro atoms. The molecule has 2 aromatic carbocycles. The lowest BCUT2D eigenvalue weighted by Crippen LogP contribution is -2.68. The van der Waals surface area contributed by atoms with Gasteiger partial charge in [0.05, 0.1) is 51.6 Å². The molecule has 5 rings (SSSR count). The smallest absolute Gasteiger partial charge is 0.241 e. The molecule has 3 aliphatic heterocycles. The Morgan fingerprint density at radius 2 is 1.58 bits per heavy atom. The number of phenols is 2. The summed E-state index contributed by atoms with van der Waals surface area (Å²) in [6.07, 6.45) is 0.321. The lowest BCUT2D eigenvalue weighted by Gasteiger charge is -2.56. The van der Waals surface area contributed by atoms with E-state index in [4.69, 9.17) is 14.2 Å². The SMILES string of the molecule is COc1c(C)cc2c(c1O)[C@H]1[C@H]3C(=O)c4c(O)c(C)c(OC)c(OC)c4[C@H](CO)N3C(=O)[C@H](C2)N1C. The lowest BCUT2D eigenvalue weighted by molar-refractivity contribution is -0.155. The highest BCUT2D eigenvalue weighted by atomic mass is 16.5. The van der Waals surface area contributed by atoms with Gasteiger partial charge in [0.2, 0.25) is 5.91 Å². The monoisotopic (exact) mass is 498 g/mol. The van der Waals surface area contributed by atoms with Crippen LogP contribution in [0.1, 0.15) is 50.3 Å². The van der Waals surface area contributed by atoms with Crippen molar-refractivity contribution in [3.05, 3.63) is 39.4 Å². The first-order valence-corrected chi connectivity index (χ1v) is 11.7. The van der Waals surface area contributed by atoms with Crippen molar-refractivity contribution in [3.8, 4) is 28.7 Å². The summed E-state index contributed by atoms with van der Waals surface area (Å²) < 4.78 is 16.5. The number of piperazine rings is 1. The number of carbonyl (C=O) groups excluding carboxylic acids is 2. The number of carbonyl (C=O) groups is 2. The first-order chi connectivity index (χ1) is 17.1. The van der Waals surface area contributed by atoms with Gasteiger partial charge >= 0.3 is 0 Å². The average Bonchev–Trinajstić information content (AvgIpc) is 2.84. The van der Waals surface area contributed by atoms with Gasteiger partial charge < -0.3 is 34.4 Å². The number of aliphatic hydroxyl groups excluding tert-OH is 1. The summed E-state index contributed by atoms with van der Waals surface area (Å²) in [5.41, 5.74) is 2.49. The maximum absolute atomic E-state index is 14.2. The summed E-state index contributed by atoms with van der Waals surface area (Å²) in [5, 5.41) is 33.0. The van der Waals surface area contributed by atoms with Crippen molar-refractivity contribution < 1.29 is 39.1 Å². The van der Waals surface area contributed by atoms with Gasteiger partial charge in [-0.3, -0.25) is 14.5 Å². The number of benzene rings is 2. The predicted molar refractivity (Wildman–Crippen MR) is 128 cm³/mol. The van der Waals surface area contributed by atoms with Crippen molar-refractivity contribution in [1.29, 1.82) is 0 Å². The van der Waals surface area contributed by atoms with E-state index in [0.29, 0.717) is 23.3 Å². The van der Waals surface area contributed by atoms with E-state index < -0.39 is 36.6 Å². The maximum Gasteiger partial charge on any atom is 0.241 e. The molecule has 3 heterocycles. The number of fused-ring (bicyclic) bond motifs is 7. The Morgan fingerprint density at radius 1 is 0.944 bits per heavy atom. The van der Waals surface area contributed by atoms with E-state index in [2.05, 4.69) is 0 Å². The number of ketones is 1. The van der Waals surface area contributed by atoms with Gasteiger partial charge in [0, 0.05) is 16.7 Å². The van der Waals surface area contributed by atoms with Crippen molar-refractivity contribution >= 4 is 11.7 Å². The fourth-order valence-corrected chi connectivity index (χ4v) is 6.40. The summed E-state index contributed by atoms with van der Waals surface area (Å²) in [6.45, 7) is 2.91. The highest BCUT2D eigenvalue weighted by Crippen LogP contribution is 2.56. The number of aromatic hydroxyl groups is 2. The van der Waals surface area contributed by atoms with Crippen molar-refractivity contribution in [1.82, 2.24) is 9.80 Å². The predicted octanol–water partition coefficient (Wildman–Crippen LogP) is 1.78. The van der Waals surface area contributed by atoms with E-state index in [1.165, 1.54) is 26.2 Å². The number of nitrogens with zero attached hydrogens (tertiary/aromatic N) is 2. The number of likely N-dealkylation sites (N-methyl/N-ethyl adjacent to an activating group) is 1. The van der Waals surface area contributed by atoms with Crippen LogP contribution in [0.15, 0.2) is 6.07 Å². The van der Waals surface area contributed by atoms with Crippen molar-refractivity contribution in [2.24, 2.45) is 0 Å². The molecule has 10 nitrogen and oxygen atoms in total. The minimum Gasteiger partial charge on any atom is -0.507 e. The zero-order valence-corrected chi connectivity index (χ0v) is 21.1. The minimum absolute atomic E-state index is 0.0178. The molecule has 0 radical (unpaired) electrons. The Labute approximate surface area is 208 Å². The summed E-state index contributed by atoms with van der Waals surface area (Å²) >= 11 is 0. The summed E-state index contributed by atoms with van der Waals surface area (Å²) in [6, 6.07) is -1.54. The molecule has 0 saturated carbocycles. The number of aryl methyl sites for hydroxylation is 1. The molecule has 10 heteroatoms. The molecule has 3 aliphatic rings. The molecule has 1 amide bonds. The zero-order chi connectivity index (χ0) is 26.2. The highest BCUT2D eigenvalue weighted by molar-refractivity contribution is 6.10. The average molecular weight is 499 g/mol. The summed E-state index contributed by atoms with van der Waals surface area (Å²) in [5.74, 6) is -0.483. The molecule has 0 aliphatic carbocycles. The Kier molecular flexibility index (Phi) is 5.57. The zero-order valence-electron chi connectivity index (χ0n) is 21.1. The van der Waals surface area contributed by atoms with Gasteiger partial charge in [0.15, 0.2) is 28.8 Å². The third-order valence-electron chi connectivity index (χ3n) is 7.96. The Hall–Kier alpha value is -3.50. The van der Waals surface area contributed by atoms with Crippen LogP contribution in [0.25, 0.3) is 0 Å². The second kappa shape index (κ2) is 8.28. The van der Waals surface area contributed by atoms with Crippen LogP contribution >= 0.6 is 0 Å². The second-order valence-electron chi connectivity index (χ2n) is 9.56. The Morgan fingerprint density at radius 3 is 2.17 bits per heavy atom. The third kappa shape index (κ3) is 2.85. The molecule has 1 fully saturated rings. The van der Waals surface area contributed by atoms with E-state index in [-0.39, 0.29) is 40.0 Å². The number of methoxy groups -OCH3 is 3. The molecule has 2 bridgehead atoms. The van der Waals surface area contributed by atoms with Crippen LogP contribution in [0.4, 0.5) is 0 Å². The second-order valence-corrected chi connectivity index (χ2v) is 9.56. The van der Waals surface area contributed by atoms with Gasteiger partial charge in [0.1, 0.15) is 11.8 Å². The van der Waals surface area contributed by atoms with Crippen LogP contribution in [0.2, 0.25) is 0 Å². The number of hydrogen-bond donors (Lipinski definition) is 3. The standard InChI is InChI=1S/C26H30N2O8/c1-10-7-12-8-13-26(33)28-14(9-29)16-17(20(30)11(2)24(35-5)25(16)36-6)21(31)19(28)18(27(13)3)15(12)22(32)23(10)34-4/h7,13-14,18-19,29-30,32H,8-9H2,1-6H3/t13-,14-,18-,19-/m0/s1. The van der Waals surface area contributed by atoms with Gasteiger partial charge in [-0.25, -0.2) is 0 Å². The van der Waals surface area contributed by atoms with Crippen molar-refractivity contribution in [2.75, 3.05) is 35.0 Å². The number of rotatable bonds is 4. The summed E-state index contributed by atoms with van der Waals surface area (Å²) in [4.78, 5) is 31.3. The molecular formula is C26H30N2O8. The summed E-state index contributed by atoms with van der Waals surface area (Å²) in [7, 11) is 6.03. The van der Waals surface area contributed by atoms with Crippen LogP contribution in [0.3, 0.4) is 0 Å². The van der Waals surface area contributed by atoms with Crippen LogP contribution in [0.5, 0.6) is 28.7 Å². The van der Waals surface area contributed by atoms with Crippen LogP contribution in [-0.2, 0) is 11.2 Å². The molecule has 36 heavy (non-hydrogen) atoms. The number of ether oxygens (including phenoxy) is 3. The number of aliphatic hydroxyl groups is 1. The largest absolute Gasteiger partial charge is 0.507 e.